The monoisotopic (exact) mass is 404 g/mol. The lowest BCUT2D eigenvalue weighted by Crippen LogP contribution is -2.23. The first-order valence-corrected chi connectivity index (χ1v) is 9.19. The fourth-order valence-electron chi connectivity index (χ4n) is 3.27. The fraction of sp³-hybridized carbons (Fsp3) is 0.238. The molecule has 0 bridgehead atoms. The summed E-state index contributed by atoms with van der Waals surface area (Å²) in [6.07, 6.45) is 5.00. The molecule has 2 aromatic carbocycles. The van der Waals surface area contributed by atoms with Gasteiger partial charge in [0.05, 0.1) is 5.02 Å². The number of carbonyl (C=O) groups excluding carboxylic acids is 1. The van der Waals surface area contributed by atoms with Crippen LogP contribution < -0.4 is 4.74 Å². The van der Waals surface area contributed by atoms with Crippen LogP contribution in [0.1, 0.15) is 34.8 Å². The lowest BCUT2D eigenvalue weighted by atomic mass is 9.82. The van der Waals surface area contributed by atoms with Gasteiger partial charge >= 0.3 is 5.97 Å². The second-order valence-electron chi connectivity index (χ2n) is 6.80. The van der Waals surface area contributed by atoms with Gasteiger partial charge in [-0.3, -0.25) is 4.79 Å². The van der Waals surface area contributed by atoms with Crippen LogP contribution in [0.4, 0.5) is 0 Å². The van der Waals surface area contributed by atoms with E-state index in [1.54, 1.807) is 6.07 Å². The topological polar surface area (TPSA) is 63.6 Å². The molecule has 140 valence electrons. The molecule has 3 rings (SSSR count). The summed E-state index contributed by atoms with van der Waals surface area (Å²) < 4.78 is 5.21. The van der Waals surface area contributed by atoms with Gasteiger partial charge in [-0.2, -0.15) is 0 Å². The van der Waals surface area contributed by atoms with Gasteiger partial charge in [-0.05, 0) is 30.0 Å². The first kappa shape index (κ1) is 19.5. The molecule has 2 aromatic rings. The van der Waals surface area contributed by atoms with Crippen LogP contribution in [-0.2, 0) is 11.2 Å². The Morgan fingerprint density at radius 2 is 1.96 bits per heavy atom. The normalized spacial score (nSPS) is 18.7. The number of carboxylic acids is 1. The van der Waals surface area contributed by atoms with Gasteiger partial charge in [0.25, 0.3) is 0 Å². The molecule has 0 fully saturated rings. The van der Waals surface area contributed by atoms with E-state index in [-0.39, 0.29) is 21.6 Å². The second-order valence-corrected chi connectivity index (χ2v) is 7.56. The summed E-state index contributed by atoms with van der Waals surface area (Å²) in [6, 6.07) is 11.5. The van der Waals surface area contributed by atoms with Crippen molar-refractivity contribution in [2.45, 2.75) is 19.8 Å². The van der Waals surface area contributed by atoms with E-state index < -0.39 is 18.0 Å². The maximum atomic E-state index is 13.0. The average Bonchev–Trinajstić information content (AvgIpc) is 2.88. The zero-order chi connectivity index (χ0) is 19.6. The first-order chi connectivity index (χ1) is 12.8. The largest absolute Gasteiger partial charge is 0.480 e. The van der Waals surface area contributed by atoms with Gasteiger partial charge in [-0.15, -0.1) is 0 Å². The summed E-state index contributed by atoms with van der Waals surface area (Å²) in [4.78, 5) is 23.7. The summed E-state index contributed by atoms with van der Waals surface area (Å²) in [5.74, 6) is -0.999. The number of carbonyl (C=O) groups is 2. The van der Waals surface area contributed by atoms with Crippen LogP contribution in [0.25, 0.3) is 6.08 Å². The standard InChI is InChI=1S/C21H18Cl2O4/c1-21(9-5-8-13-6-3-2-4-7-13)11-14-10-15(27-12-16(24)25)18(22)19(23)17(14)20(21)26/h2-8,10H,9,11-12H2,1H3,(H,24,25)/b8-5+. The number of ketones is 1. The number of aliphatic carboxylic acids is 1. The van der Waals surface area contributed by atoms with E-state index >= 15 is 0 Å². The highest BCUT2D eigenvalue weighted by molar-refractivity contribution is 6.45. The minimum Gasteiger partial charge on any atom is -0.480 e. The Labute approximate surface area is 167 Å². The number of fused-ring (bicyclic) bond motifs is 1. The highest BCUT2D eigenvalue weighted by Crippen LogP contribution is 2.47. The van der Waals surface area contributed by atoms with E-state index in [0.29, 0.717) is 18.4 Å². The molecule has 1 atom stereocenters. The molecule has 1 aliphatic rings. The zero-order valence-electron chi connectivity index (χ0n) is 14.7. The molecule has 0 saturated carbocycles. The molecular weight excluding hydrogens is 387 g/mol. The summed E-state index contributed by atoms with van der Waals surface area (Å²) >= 11 is 12.5. The number of halogens is 2. The molecule has 0 amide bonds. The average molecular weight is 405 g/mol. The summed E-state index contributed by atoms with van der Waals surface area (Å²) in [6.45, 7) is 1.37. The Hall–Kier alpha value is -2.30. The van der Waals surface area contributed by atoms with Crippen molar-refractivity contribution < 1.29 is 19.4 Å². The van der Waals surface area contributed by atoms with Crippen LogP contribution in [0.15, 0.2) is 42.5 Å². The highest BCUT2D eigenvalue weighted by Gasteiger charge is 2.43. The molecular formula is C21H18Cl2O4. The molecule has 0 heterocycles. The number of Topliss-reactive ketones (excluding diaryl/α,β-unsaturated/α-hetero) is 1. The molecule has 0 radical (unpaired) electrons. The third-order valence-corrected chi connectivity index (χ3v) is 5.49. The van der Waals surface area contributed by atoms with Crippen molar-refractivity contribution in [1.29, 1.82) is 0 Å². The van der Waals surface area contributed by atoms with E-state index in [4.69, 9.17) is 33.0 Å². The second kappa shape index (κ2) is 7.75. The molecule has 27 heavy (non-hydrogen) atoms. The smallest absolute Gasteiger partial charge is 0.341 e. The maximum Gasteiger partial charge on any atom is 0.341 e. The van der Waals surface area contributed by atoms with Gasteiger partial charge in [0.15, 0.2) is 12.4 Å². The number of hydrogen-bond donors (Lipinski definition) is 1. The number of carboxylic acid groups (broad SMARTS) is 1. The van der Waals surface area contributed by atoms with Crippen molar-refractivity contribution in [2.75, 3.05) is 6.61 Å². The molecule has 1 N–H and O–H groups in total. The van der Waals surface area contributed by atoms with E-state index in [2.05, 4.69) is 0 Å². The molecule has 6 heteroatoms. The molecule has 1 unspecified atom stereocenters. The lowest BCUT2D eigenvalue weighted by molar-refractivity contribution is -0.139. The molecule has 1 aliphatic carbocycles. The maximum absolute atomic E-state index is 13.0. The Balaban J connectivity index is 1.84. The lowest BCUT2D eigenvalue weighted by Gasteiger charge is -2.19. The van der Waals surface area contributed by atoms with Gasteiger partial charge in [-0.25, -0.2) is 4.79 Å². The van der Waals surface area contributed by atoms with E-state index in [1.807, 2.05) is 49.4 Å². The van der Waals surface area contributed by atoms with Crippen LogP contribution in [0.3, 0.4) is 0 Å². The minimum absolute atomic E-state index is 0.0631. The van der Waals surface area contributed by atoms with E-state index in [9.17, 15) is 9.59 Å². The third kappa shape index (κ3) is 4.02. The van der Waals surface area contributed by atoms with E-state index in [1.165, 1.54) is 0 Å². The zero-order valence-corrected chi connectivity index (χ0v) is 16.2. The molecule has 0 spiro atoms. The van der Waals surface area contributed by atoms with Crippen LogP contribution >= 0.6 is 23.2 Å². The Morgan fingerprint density at radius 3 is 2.63 bits per heavy atom. The van der Waals surface area contributed by atoms with Crippen molar-refractivity contribution in [3.8, 4) is 5.75 Å². The fourth-order valence-corrected chi connectivity index (χ4v) is 3.77. The highest BCUT2D eigenvalue weighted by atomic mass is 35.5. The van der Waals surface area contributed by atoms with Crippen molar-refractivity contribution in [2.24, 2.45) is 5.41 Å². The summed E-state index contributed by atoms with van der Waals surface area (Å²) in [7, 11) is 0. The van der Waals surface area contributed by atoms with Crippen LogP contribution in [0, 0.1) is 5.41 Å². The van der Waals surface area contributed by atoms with Crippen molar-refractivity contribution in [3.63, 3.8) is 0 Å². The summed E-state index contributed by atoms with van der Waals surface area (Å²) in [5.41, 5.74) is 1.56. The SMILES string of the molecule is CC1(C/C=C/c2ccccc2)Cc2cc(OCC(=O)O)c(Cl)c(Cl)c2C1=O. The Morgan fingerprint density at radius 1 is 1.26 bits per heavy atom. The quantitative estimate of drug-likeness (QED) is 0.708. The van der Waals surface area contributed by atoms with Crippen molar-refractivity contribution in [1.82, 2.24) is 0 Å². The van der Waals surface area contributed by atoms with Gasteiger partial charge in [0.2, 0.25) is 0 Å². The van der Waals surface area contributed by atoms with Gasteiger partial charge in [0, 0.05) is 11.0 Å². The predicted octanol–water partition coefficient (Wildman–Crippen LogP) is 5.31. The van der Waals surface area contributed by atoms with E-state index in [0.717, 1.165) is 11.1 Å². The molecule has 0 saturated heterocycles. The predicted molar refractivity (Wildman–Crippen MR) is 106 cm³/mol. The first-order valence-electron chi connectivity index (χ1n) is 8.44. The van der Waals surface area contributed by atoms with Gasteiger partial charge in [0.1, 0.15) is 10.8 Å². The van der Waals surface area contributed by atoms with Crippen molar-refractivity contribution >= 4 is 41.0 Å². The summed E-state index contributed by atoms with van der Waals surface area (Å²) in [5, 5.41) is 8.97. The van der Waals surface area contributed by atoms with Crippen LogP contribution in [0.5, 0.6) is 5.75 Å². The molecule has 4 nitrogen and oxygen atoms in total. The van der Waals surface area contributed by atoms with Crippen LogP contribution in [-0.4, -0.2) is 23.5 Å². The number of benzene rings is 2. The number of ether oxygens (including phenoxy) is 1. The Kier molecular flexibility index (Phi) is 5.59. The molecule has 0 aromatic heterocycles. The molecule has 0 aliphatic heterocycles. The number of rotatable bonds is 6. The number of hydrogen-bond acceptors (Lipinski definition) is 3. The Bertz CT molecular complexity index is 922. The minimum atomic E-state index is -1.12. The van der Waals surface area contributed by atoms with Gasteiger partial charge in [-0.1, -0.05) is 72.6 Å². The number of allylic oxidation sites excluding steroid dienone is 1. The third-order valence-electron chi connectivity index (χ3n) is 4.64. The van der Waals surface area contributed by atoms with Crippen molar-refractivity contribution in [3.05, 3.63) is 69.2 Å². The van der Waals surface area contributed by atoms with Crippen LogP contribution in [0.2, 0.25) is 10.0 Å². The van der Waals surface area contributed by atoms with Gasteiger partial charge < -0.3 is 9.84 Å².